The zero-order chi connectivity index (χ0) is 19.1. The lowest BCUT2D eigenvalue weighted by Gasteiger charge is -2.05. The molecule has 3 rings (SSSR count). The summed E-state index contributed by atoms with van der Waals surface area (Å²) in [6, 6.07) is 12.8. The van der Waals surface area contributed by atoms with Crippen LogP contribution in [0.4, 0.5) is 4.39 Å². The molecule has 0 saturated carbocycles. The highest BCUT2D eigenvalue weighted by Crippen LogP contribution is 2.24. The highest BCUT2D eigenvalue weighted by molar-refractivity contribution is 5.87. The minimum atomic E-state index is -0.766. The Bertz CT molecular complexity index is 979. The van der Waals surface area contributed by atoms with Crippen LogP contribution in [0.5, 0.6) is 0 Å². The molecule has 0 saturated heterocycles. The third-order valence-electron chi connectivity index (χ3n) is 4.37. The normalized spacial score (nSPS) is 11.6. The van der Waals surface area contributed by atoms with E-state index in [0.717, 1.165) is 24.0 Å². The van der Waals surface area contributed by atoms with E-state index >= 15 is 0 Å². The zero-order valence-electron chi connectivity index (χ0n) is 15.6. The van der Waals surface area contributed by atoms with Crippen molar-refractivity contribution in [3.05, 3.63) is 72.8 Å². The second-order valence-electron chi connectivity index (χ2n) is 6.66. The van der Waals surface area contributed by atoms with Gasteiger partial charge in [-0.3, -0.25) is 0 Å². The number of aromatic nitrogens is 2. The second-order valence-corrected chi connectivity index (χ2v) is 6.66. The lowest BCUT2D eigenvalue weighted by atomic mass is 10.0. The van der Waals surface area contributed by atoms with E-state index in [1.165, 1.54) is 16.3 Å². The van der Waals surface area contributed by atoms with Crippen molar-refractivity contribution in [3.63, 3.8) is 0 Å². The summed E-state index contributed by atoms with van der Waals surface area (Å²) < 4.78 is 12.7. The van der Waals surface area contributed by atoms with Crippen molar-refractivity contribution in [2.45, 2.75) is 38.8 Å². The predicted molar refractivity (Wildman–Crippen MR) is 110 cm³/mol. The number of unbranched alkanes of at least 4 members (excludes halogenated alkanes) is 1. The van der Waals surface area contributed by atoms with E-state index in [9.17, 15) is 4.39 Å². The van der Waals surface area contributed by atoms with Crippen molar-refractivity contribution in [1.29, 1.82) is 0 Å². The molecule has 3 heteroatoms. The van der Waals surface area contributed by atoms with Crippen LogP contribution in [-0.2, 0) is 6.42 Å². The first-order valence-electron chi connectivity index (χ1n) is 9.24. The number of hydrogen-bond acceptors (Lipinski definition) is 2. The lowest BCUT2D eigenvalue weighted by Crippen LogP contribution is -1.91. The summed E-state index contributed by atoms with van der Waals surface area (Å²) in [5.41, 5.74) is 3.30. The Balaban J connectivity index is 1.72. The predicted octanol–water partition coefficient (Wildman–Crippen LogP) is 5.91. The van der Waals surface area contributed by atoms with E-state index in [0.29, 0.717) is 18.7 Å². The summed E-state index contributed by atoms with van der Waals surface area (Å²) in [4.78, 5) is 8.67. The smallest absolute Gasteiger partial charge is 0.204 e. The monoisotopic (exact) mass is 358 g/mol. The van der Waals surface area contributed by atoms with Crippen LogP contribution in [0.15, 0.2) is 61.4 Å². The van der Waals surface area contributed by atoms with Gasteiger partial charge in [0.15, 0.2) is 0 Å². The van der Waals surface area contributed by atoms with E-state index in [1.54, 1.807) is 19.3 Å². The van der Waals surface area contributed by atoms with Gasteiger partial charge in [-0.2, -0.15) is 0 Å². The van der Waals surface area contributed by atoms with Gasteiger partial charge in [-0.25, -0.2) is 14.4 Å². The third-order valence-corrected chi connectivity index (χ3v) is 4.37. The first-order chi connectivity index (χ1) is 13.2. The Morgan fingerprint density at radius 3 is 2.56 bits per heavy atom. The van der Waals surface area contributed by atoms with Gasteiger partial charge in [0.25, 0.3) is 0 Å². The topological polar surface area (TPSA) is 25.8 Å². The van der Waals surface area contributed by atoms with Crippen LogP contribution in [0.2, 0.25) is 0 Å². The molecule has 0 N–H and O–H groups in total. The minimum Gasteiger partial charge on any atom is -0.248 e. The van der Waals surface area contributed by atoms with Crippen LogP contribution in [-0.4, -0.2) is 16.1 Å². The molecule has 1 unspecified atom stereocenters. The Kier molecular flexibility index (Phi) is 6.33. The van der Waals surface area contributed by atoms with Crippen molar-refractivity contribution in [2.75, 3.05) is 0 Å². The lowest BCUT2D eigenvalue weighted by molar-refractivity contribution is 0.336. The molecule has 2 aromatic carbocycles. The second kappa shape index (κ2) is 9.09. The highest BCUT2D eigenvalue weighted by Gasteiger charge is 2.02. The summed E-state index contributed by atoms with van der Waals surface area (Å²) >= 11 is 0. The SMILES string of the molecule is C=CCc1ccc2cc(-c3cnc(C#CCCCC(C)F)nc3)ccc2c1. The average molecular weight is 358 g/mol. The molecule has 136 valence electrons. The van der Waals surface area contributed by atoms with Crippen LogP contribution in [0.3, 0.4) is 0 Å². The van der Waals surface area contributed by atoms with Gasteiger partial charge in [0.05, 0.1) is 6.17 Å². The fraction of sp³-hybridized carbons (Fsp3) is 0.250. The first-order valence-corrected chi connectivity index (χ1v) is 9.24. The Morgan fingerprint density at radius 2 is 1.81 bits per heavy atom. The summed E-state index contributed by atoms with van der Waals surface area (Å²) in [7, 11) is 0. The summed E-state index contributed by atoms with van der Waals surface area (Å²) in [5.74, 6) is 6.45. The van der Waals surface area contributed by atoms with Gasteiger partial charge in [-0.1, -0.05) is 42.3 Å². The average Bonchev–Trinajstić information content (AvgIpc) is 2.68. The van der Waals surface area contributed by atoms with E-state index in [-0.39, 0.29) is 0 Å². The van der Waals surface area contributed by atoms with Gasteiger partial charge in [0.2, 0.25) is 5.82 Å². The fourth-order valence-corrected chi connectivity index (χ4v) is 2.92. The maximum atomic E-state index is 12.7. The van der Waals surface area contributed by atoms with Gasteiger partial charge in [-0.05, 0) is 60.1 Å². The van der Waals surface area contributed by atoms with Gasteiger partial charge in [0.1, 0.15) is 0 Å². The molecule has 0 aliphatic heterocycles. The molecule has 0 spiro atoms. The zero-order valence-corrected chi connectivity index (χ0v) is 15.6. The quantitative estimate of drug-likeness (QED) is 0.311. The first kappa shape index (κ1) is 18.8. The summed E-state index contributed by atoms with van der Waals surface area (Å²) in [5, 5.41) is 2.40. The maximum Gasteiger partial charge on any atom is 0.204 e. The van der Waals surface area contributed by atoms with Gasteiger partial charge in [-0.15, -0.1) is 6.58 Å². The maximum absolute atomic E-state index is 12.7. The van der Waals surface area contributed by atoms with Gasteiger partial charge < -0.3 is 0 Å². The molecule has 2 nitrogen and oxygen atoms in total. The van der Waals surface area contributed by atoms with Crippen LogP contribution in [0.25, 0.3) is 21.9 Å². The molecule has 0 amide bonds. The number of fused-ring (bicyclic) bond motifs is 1. The third kappa shape index (κ3) is 5.24. The molecule has 0 fully saturated rings. The highest BCUT2D eigenvalue weighted by atomic mass is 19.1. The number of benzene rings is 2. The van der Waals surface area contributed by atoms with Crippen molar-refractivity contribution >= 4 is 10.8 Å². The Morgan fingerprint density at radius 1 is 1.07 bits per heavy atom. The molecule has 0 aliphatic rings. The molecule has 0 bridgehead atoms. The van der Waals surface area contributed by atoms with E-state index in [2.05, 4.69) is 64.8 Å². The van der Waals surface area contributed by atoms with Crippen molar-refractivity contribution in [2.24, 2.45) is 0 Å². The van der Waals surface area contributed by atoms with Gasteiger partial charge >= 0.3 is 0 Å². The minimum absolute atomic E-state index is 0.502. The molecular weight excluding hydrogens is 335 g/mol. The Hall–Kier alpha value is -2.99. The molecule has 0 radical (unpaired) electrons. The van der Waals surface area contributed by atoms with E-state index in [4.69, 9.17) is 0 Å². The van der Waals surface area contributed by atoms with Crippen LogP contribution in [0.1, 0.15) is 37.6 Å². The molecular formula is C24H23FN2. The van der Waals surface area contributed by atoms with Crippen molar-refractivity contribution in [1.82, 2.24) is 9.97 Å². The largest absolute Gasteiger partial charge is 0.248 e. The van der Waals surface area contributed by atoms with Crippen molar-refractivity contribution in [3.8, 4) is 23.0 Å². The number of rotatable bonds is 6. The summed E-state index contributed by atoms with van der Waals surface area (Å²) in [6.45, 7) is 5.36. The van der Waals surface area contributed by atoms with E-state index < -0.39 is 6.17 Å². The summed E-state index contributed by atoms with van der Waals surface area (Å²) in [6.07, 6.45) is 7.59. The number of allylic oxidation sites excluding steroid dienone is 1. The van der Waals surface area contributed by atoms with Crippen LogP contribution >= 0.6 is 0 Å². The Labute approximate surface area is 160 Å². The molecule has 1 heterocycles. The van der Waals surface area contributed by atoms with Crippen molar-refractivity contribution < 1.29 is 4.39 Å². The van der Waals surface area contributed by atoms with E-state index in [1.807, 2.05) is 6.08 Å². The molecule has 0 aliphatic carbocycles. The fourth-order valence-electron chi connectivity index (χ4n) is 2.92. The van der Waals surface area contributed by atoms with Crippen LogP contribution < -0.4 is 0 Å². The van der Waals surface area contributed by atoms with Gasteiger partial charge in [0, 0.05) is 24.4 Å². The standard InChI is InChI=1S/C24H23FN2/c1-3-7-19-10-11-21-15-22(13-12-20(21)14-19)23-16-26-24(27-17-23)9-6-4-5-8-18(2)25/h3,10-18H,1,4-5,7-8H2,2H3. The number of nitrogens with zero attached hydrogens (tertiary/aromatic N) is 2. The molecule has 3 aromatic rings. The number of alkyl halides is 1. The molecule has 1 aromatic heterocycles. The number of hydrogen-bond donors (Lipinski definition) is 0. The molecule has 1 atom stereocenters. The number of halogens is 1. The van der Waals surface area contributed by atoms with Crippen LogP contribution in [0, 0.1) is 11.8 Å². The molecule has 27 heavy (non-hydrogen) atoms.